The minimum absolute atomic E-state index is 0.0757. The van der Waals surface area contributed by atoms with Gasteiger partial charge in [0.15, 0.2) is 0 Å². The van der Waals surface area contributed by atoms with Crippen LogP contribution in [0.2, 0.25) is 0 Å². The summed E-state index contributed by atoms with van der Waals surface area (Å²) in [5.74, 6) is -1.17. The van der Waals surface area contributed by atoms with Crippen LogP contribution in [-0.4, -0.2) is 25.5 Å². The van der Waals surface area contributed by atoms with E-state index in [4.69, 9.17) is 0 Å². The van der Waals surface area contributed by atoms with E-state index in [-0.39, 0.29) is 18.1 Å². The lowest BCUT2D eigenvalue weighted by atomic mass is 10.2. The van der Waals surface area contributed by atoms with E-state index in [1.807, 2.05) is 0 Å². The zero-order valence-corrected chi connectivity index (χ0v) is 13.6. The van der Waals surface area contributed by atoms with Crippen LogP contribution >= 0.6 is 0 Å². The van der Waals surface area contributed by atoms with E-state index in [0.29, 0.717) is 16.9 Å². The van der Waals surface area contributed by atoms with Crippen molar-refractivity contribution in [3.63, 3.8) is 0 Å². The number of nitrogens with zero attached hydrogens (tertiary/aromatic N) is 4. The van der Waals surface area contributed by atoms with Crippen molar-refractivity contribution in [2.75, 3.05) is 5.32 Å². The van der Waals surface area contributed by atoms with Crippen LogP contribution < -0.4 is 11.1 Å². The molecule has 0 aliphatic rings. The maximum Gasteiger partial charge on any atom is 0.442 e. The predicted octanol–water partition coefficient (Wildman–Crippen LogP) is 1.75. The molecule has 0 spiro atoms. The fraction of sp³-hybridized carbons (Fsp3) is 0.125. The molecule has 10 heteroatoms. The second kappa shape index (κ2) is 6.97. The summed E-state index contributed by atoms with van der Waals surface area (Å²) in [4.78, 5) is 38.5. The first-order chi connectivity index (χ1) is 12.5. The van der Waals surface area contributed by atoms with Gasteiger partial charge in [0.2, 0.25) is 11.7 Å². The molecule has 2 aromatic heterocycles. The van der Waals surface area contributed by atoms with Crippen LogP contribution in [0.15, 0.2) is 51.9 Å². The third kappa shape index (κ3) is 3.48. The van der Waals surface area contributed by atoms with Crippen molar-refractivity contribution < 1.29 is 14.2 Å². The van der Waals surface area contributed by atoms with Crippen LogP contribution in [0.3, 0.4) is 0 Å². The van der Waals surface area contributed by atoms with Gasteiger partial charge in [0, 0.05) is 24.0 Å². The van der Waals surface area contributed by atoms with Crippen molar-refractivity contribution in [2.45, 2.75) is 13.5 Å². The monoisotopic (exact) mass is 355 g/mol. The standard InChI is InChI=1S/C16H13N5O5/c1-10-8-11(21(24)25)5-6-12(10)18-14(22)9-20-15(19-26-16(20)23)13-4-2-3-7-17-13/h2-8H,9H2,1H3,(H,18,22). The first kappa shape index (κ1) is 17.0. The van der Waals surface area contributed by atoms with Crippen LogP contribution in [0.5, 0.6) is 0 Å². The lowest BCUT2D eigenvalue weighted by molar-refractivity contribution is -0.384. The van der Waals surface area contributed by atoms with Crippen molar-refractivity contribution in [3.05, 3.63) is 68.8 Å². The molecule has 0 unspecified atom stereocenters. The van der Waals surface area contributed by atoms with Gasteiger partial charge in [-0.25, -0.2) is 9.36 Å². The molecular weight excluding hydrogens is 342 g/mol. The maximum atomic E-state index is 12.3. The Balaban J connectivity index is 1.81. The highest BCUT2D eigenvalue weighted by Crippen LogP contribution is 2.21. The highest BCUT2D eigenvalue weighted by molar-refractivity contribution is 5.91. The Morgan fingerprint density at radius 3 is 2.81 bits per heavy atom. The predicted molar refractivity (Wildman–Crippen MR) is 90.5 cm³/mol. The van der Waals surface area contributed by atoms with Crippen molar-refractivity contribution in [2.24, 2.45) is 0 Å². The minimum atomic E-state index is -0.791. The van der Waals surface area contributed by atoms with E-state index in [2.05, 4.69) is 20.0 Å². The Hall–Kier alpha value is -3.82. The number of hydrogen-bond donors (Lipinski definition) is 1. The van der Waals surface area contributed by atoms with Crippen molar-refractivity contribution in [1.29, 1.82) is 0 Å². The number of anilines is 1. The van der Waals surface area contributed by atoms with Gasteiger partial charge < -0.3 is 5.32 Å². The normalized spacial score (nSPS) is 10.5. The smallest absolute Gasteiger partial charge is 0.324 e. The van der Waals surface area contributed by atoms with Crippen LogP contribution in [-0.2, 0) is 11.3 Å². The zero-order valence-electron chi connectivity index (χ0n) is 13.6. The molecule has 2 heterocycles. The molecule has 0 bridgehead atoms. The van der Waals surface area contributed by atoms with Gasteiger partial charge in [0.05, 0.1) is 4.92 Å². The third-order valence-electron chi connectivity index (χ3n) is 3.58. The number of non-ortho nitro benzene ring substituents is 1. The number of nitro benzene ring substituents is 1. The lowest BCUT2D eigenvalue weighted by Crippen LogP contribution is -2.26. The number of aryl methyl sites for hydroxylation is 1. The van der Waals surface area contributed by atoms with Crippen molar-refractivity contribution in [1.82, 2.24) is 14.7 Å². The van der Waals surface area contributed by atoms with E-state index in [9.17, 15) is 19.7 Å². The van der Waals surface area contributed by atoms with E-state index in [1.165, 1.54) is 24.4 Å². The van der Waals surface area contributed by atoms with E-state index < -0.39 is 16.6 Å². The largest absolute Gasteiger partial charge is 0.442 e. The second-order valence-electron chi connectivity index (χ2n) is 5.38. The van der Waals surface area contributed by atoms with E-state index >= 15 is 0 Å². The molecule has 0 aliphatic heterocycles. The molecule has 0 atom stereocenters. The van der Waals surface area contributed by atoms with Gasteiger partial charge in [-0.3, -0.25) is 24.4 Å². The number of hydrogen-bond acceptors (Lipinski definition) is 7. The summed E-state index contributed by atoms with van der Waals surface area (Å²) in [6.45, 7) is 1.29. The van der Waals surface area contributed by atoms with Crippen LogP contribution in [0, 0.1) is 17.0 Å². The molecule has 132 valence electrons. The van der Waals surface area contributed by atoms with Gasteiger partial charge in [-0.2, -0.15) is 0 Å². The number of nitro groups is 1. The molecule has 26 heavy (non-hydrogen) atoms. The molecule has 10 nitrogen and oxygen atoms in total. The maximum absolute atomic E-state index is 12.3. The highest BCUT2D eigenvalue weighted by Gasteiger charge is 2.17. The summed E-state index contributed by atoms with van der Waals surface area (Å²) in [6.07, 6.45) is 1.53. The van der Waals surface area contributed by atoms with Crippen LogP contribution in [0.4, 0.5) is 11.4 Å². The number of carbonyl (C=O) groups is 1. The third-order valence-corrected chi connectivity index (χ3v) is 3.58. The number of amides is 1. The number of aromatic nitrogens is 3. The number of carbonyl (C=O) groups excluding carboxylic acids is 1. The summed E-state index contributed by atoms with van der Waals surface area (Å²) in [5, 5.41) is 17.0. The Labute approximate surface area is 146 Å². The topological polar surface area (TPSA) is 133 Å². The highest BCUT2D eigenvalue weighted by atomic mass is 16.6. The second-order valence-corrected chi connectivity index (χ2v) is 5.38. The summed E-state index contributed by atoms with van der Waals surface area (Å²) in [5.41, 5.74) is 1.24. The first-order valence-corrected chi connectivity index (χ1v) is 7.48. The van der Waals surface area contributed by atoms with E-state index in [0.717, 1.165) is 4.57 Å². The average molecular weight is 355 g/mol. The molecule has 0 radical (unpaired) electrons. The van der Waals surface area contributed by atoms with Gasteiger partial charge in [-0.1, -0.05) is 11.2 Å². The fourth-order valence-electron chi connectivity index (χ4n) is 2.32. The van der Waals surface area contributed by atoms with Crippen LogP contribution in [0.1, 0.15) is 5.56 Å². The van der Waals surface area contributed by atoms with Gasteiger partial charge in [-0.15, -0.1) is 0 Å². The molecule has 0 saturated heterocycles. The molecule has 0 aliphatic carbocycles. The molecule has 1 amide bonds. The number of rotatable bonds is 5. The molecule has 0 fully saturated rings. The summed E-state index contributed by atoms with van der Waals surface area (Å²) >= 11 is 0. The van der Waals surface area contributed by atoms with Crippen molar-refractivity contribution >= 4 is 17.3 Å². The van der Waals surface area contributed by atoms with Gasteiger partial charge in [-0.05, 0) is 30.7 Å². The van der Waals surface area contributed by atoms with Crippen molar-refractivity contribution in [3.8, 4) is 11.5 Å². The SMILES string of the molecule is Cc1cc([N+](=O)[O-])ccc1NC(=O)Cn1c(-c2ccccn2)noc1=O. The Morgan fingerprint density at radius 1 is 1.35 bits per heavy atom. The van der Waals surface area contributed by atoms with Gasteiger partial charge in [0.1, 0.15) is 12.2 Å². The molecule has 0 saturated carbocycles. The zero-order chi connectivity index (χ0) is 18.7. The molecule has 1 N–H and O–H groups in total. The number of pyridine rings is 1. The average Bonchev–Trinajstić information content (AvgIpc) is 2.98. The Kier molecular flexibility index (Phi) is 4.56. The first-order valence-electron chi connectivity index (χ1n) is 7.48. The molecule has 3 aromatic rings. The summed E-state index contributed by atoms with van der Waals surface area (Å²) in [6, 6.07) is 9.11. The van der Waals surface area contributed by atoms with Crippen LogP contribution in [0.25, 0.3) is 11.5 Å². The lowest BCUT2D eigenvalue weighted by Gasteiger charge is -2.09. The minimum Gasteiger partial charge on any atom is -0.324 e. The van der Waals surface area contributed by atoms with E-state index in [1.54, 1.807) is 25.1 Å². The van der Waals surface area contributed by atoms with Gasteiger partial charge in [0.25, 0.3) is 5.69 Å². The molecular formula is C16H13N5O5. The molecule has 3 rings (SSSR count). The summed E-state index contributed by atoms with van der Waals surface area (Å²) in [7, 11) is 0. The molecule has 1 aromatic carbocycles. The Bertz CT molecular complexity index is 1030. The summed E-state index contributed by atoms with van der Waals surface area (Å²) < 4.78 is 5.68. The Morgan fingerprint density at radius 2 is 2.15 bits per heavy atom. The fourth-order valence-corrected chi connectivity index (χ4v) is 2.32. The number of benzene rings is 1. The number of nitrogens with one attached hydrogen (secondary N) is 1. The quantitative estimate of drug-likeness (QED) is 0.544. The van der Waals surface area contributed by atoms with Gasteiger partial charge >= 0.3 is 5.76 Å².